The number of aromatic nitrogens is 4. The van der Waals surface area contributed by atoms with Gasteiger partial charge in [-0.3, -0.25) is 4.79 Å². The number of hydrogen-bond donors (Lipinski definition) is 1. The van der Waals surface area contributed by atoms with Crippen LogP contribution in [0.2, 0.25) is 0 Å². The average molecular weight is 334 g/mol. The van der Waals surface area contributed by atoms with Gasteiger partial charge >= 0.3 is 0 Å². The third kappa shape index (κ3) is 4.57. The first kappa shape index (κ1) is 16.5. The number of amides is 1. The maximum Gasteiger partial charge on any atom is 0.263 e. The second-order valence-electron chi connectivity index (χ2n) is 5.40. The van der Waals surface area contributed by atoms with Gasteiger partial charge in [-0.2, -0.15) is 9.90 Å². The van der Waals surface area contributed by atoms with Crippen LogP contribution in [0.25, 0.3) is 11.4 Å². The Morgan fingerprint density at radius 1 is 1.16 bits per heavy atom. The van der Waals surface area contributed by atoms with Crippen molar-refractivity contribution in [3.63, 3.8) is 0 Å². The number of nitrogens with one attached hydrogen (secondary N) is 1. The first-order valence-corrected chi connectivity index (χ1v) is 7.98. The summed E-state index contributed by atoms with van der Waals surface area (Å²) in [6.45, 7) is 2.05. The van der Waals surface area contributed by atoms with E-state index in [-0.39, 0.29) is 12.5 Å². The molecule has 0 saturated heterocycles. The molecule has 7 nitrogen and oxygen atoms in total. The van der Waals surface area contributed by atoms with Crippen molar-refractivity contribution in [3.05, 3.63) is 65.7 Å². The van der Waals surface area contributed by atoms with Crippen molar-refractivity contribution in [2.45, 2.75) is 19.9 Å². The zero-order valence-corrected chi connectivity index (χ0v) is 13.8. The maximum absolute atomic E-state index is 11.9. The van der Waals surface area contributed by atoms with E-state index in [1.54, 1.807) is 6.21 Å². The molecule has 25 heavy (non-hydrogen) atoms. The number of benzene rings is 2. The zero-order chi connectivity index (χ0) is 17.5. The summed E-state index contributed by atoms with van der Waals surface area (Å²) in [5.41, 5.74) is 5.49. The third-order valence-electron chi connectivity index (χ3n) is 3.56. The monoisotopic (exact) mass is 334 g/mol. The lowest BCUT2D eigenvalue weighted by Gasteiger charge is -1.99. The molecule has 3 rings (SSSR count). The van der Waals surface area contributed by atoms with Crippen LogP contribution in [-0.2, 0) is 17.8 Å². The van der Waals surface area contributed by atoms with Crippen LogP contribution in [-0.4, -0.2) is 32.3 Å². The Morgan fingerprint density at radius 2 is 1.92 bits per heavy atom. The van der Waals surface area contributed by atoms with Crippen LogP contribution < -0.4 is 5.43 Å². The second-order valence-corrected chi connectivity index (χ2v) is 5.40. The molecule has 1 aromatic heterocycles. The summed E-state index contributed by atoms with van der Waals surface area (Å²) < 4.78 is 0. The number of hydrazone groups is 1. The molecule has 0 fully saturated rings. The third-order valence-corrected chi connectivity index (χ3v) is 3.56. The normalized spacial score (nSPS) is 10.9. The van der Waals surface area contributed by atoms with E-state index in [9.17, 15) is 4.79 Å². The average Bonchev–Trinajstić information content (AvgIpc) is 3.11. The van der Waals surface area contributed by atoms with Crippen LogP contribution in [0.5, 0.6) is 0 Å². The quantitative estimate of drug-likeness (QED) is 0.552. The Labute approximate surface area is 145 Å². The van der Waals surface area contributed by atoms with Crippen molar-refractivity contribution < 1.29 is 4.79 Å². The van der Waals surface area contributed by atoms with Gasteiger partial charge in [-0.1, -0.05) is 61.5 Å². The maximum atomic E-state index is 11.9. The first-order valence-electron chi connectivity index (χ1n) is 7.98. The fourth-order valence-corrected chi connectivity index (χ4v) is 2.20. The highest BCUT2D eigenvalue weighted by Gasteiger charge is 2.08. The Hall–Kier alpha value is -3.35. The van der Waals surface area contributed by atoms with Crippen molar-refractivity contribution in [2.75, 3.05) is 0 Å². The lowest BCUT2D eigenvalue weighted by molar-refractivity contribution is -0.122. The molecular weight excluding hydrogens is 316 g/mol. The lowest BCUT2D eigenvalue weighted by Crippen LogP contribution is -2.24. The number of rotatable bonds is 6. The molecule has 3 aromatic rings. The van der Waals surface area contributed by atoms with Gasteiger partial charge in [-0.15, -0.1) is 10.2 Å². The highest BCUT2D eigenvalue weighted by Crippen LogP contribution is 2.11. The van der Waals surface area contributed by atoms with Gasteiger partial charge < -0.3 is 0 Å². The number of hydrogen-bond acceptors (Lipinski definition) is 5. The topological polar surface area (TPSA) is 85.1 Å². The molecule has 1 N–H and O–H groups in total. The Kier molecular flexibility index (Phi) is 5.26. The molecule has 0 spiro atoms. The molecule has 126 valence electrons. The summed E-state index contributed by atoms with van der Waals surface area (Å²) in [7, 11) is 0. The van der Waals surface area contributed by atoms with Gasteiger partial charge in [0, 0.05) is 5.56 Å². The van der Waals surface area contributed by atoms with Crippen LogP contribution in [0, 0.1) is 0 Å². The summed E-state index contributed by atoms with van der Waals surface area (Å²) in [4.78, 5) is 13.1. The van der Waals surface area contributed by atoms with Gasteiger partial charge in [0.05, 0.1) is 6.21 Å². The van der Waals surface area contributed by atoms with Crippen molar-refractivity contribution in [2.24, 2.45) is 5.10 Å². The van der Waals surface area contributed by atoms with Crippen molar-refractivity contribution in [1.82, 2.24) is 25.6 Å². The Bertz CT molecular complexity index is 855. The van der Waals surface area contributed by atoms with Gasteiger partial charge in [0.2, 0.25) is 5.82 Å². The van der Waals surface area contributed by atoms with Crippen molar-refractivity contribution >= 4 is 12.1 Å². The molecule has 0 unspecified atom stereocenters. The highest BCUT2D eigenvalue weighted by atomic mass is 16.2. The first-order chi connectivity index (χ1) is 12.2. The van der Waals surface area contributed by atoms with Gasteiger partial charge in [-0.05, 0) is 22.8 Å². The molecule has 0 atom stereocenters. The summed E-state index contributed by atoms with van der Waals surface area (Å²) in [5.74, 6) is 0.159. The van der Waals surface area contributed by atoms with Crippen LogP contribution in [0.4, 0.5) is 0 Å². The number of carbonyl (C=O) groups is 1. The van der Waals surface area contributed by atoms with E-state index in [0.29, 0.717) is 5.82 Å². The molecule has 0 bridgehead atoms. The van der Waals surface area contributed by atoms with E-state index < -0.39 is 0 Å². The summed E-state index contributed by atoms with van der Waals surface area (Å²) >= 11 is 0. The van der Waals surface area contributed by atoms with Gasteiger partial charge in [0.1, 0.15) is 6.54 Å². The van der Waals surface area contributed by atoms with Gasteiger partial charge in [0.15, 0.2) is 0 Å². The molecule has 0 aliphatic carbocycles. The molecule has 1 heterocycles. The minimum Gasteiger partial charge on any atom is -0.271 e. The lowest BCUT2D eigenvalue weighted by atomic mass is 10.1. The molecule has 1 amide bonds. The summed E-state index contributed by atoms with van der Waals surface area (Å²) in [6.07, 6.45) is 2.59. The predicted octanol–water partition coefficient (Wildman–Crippen LogP) is 2.05. The van der Waals surface area contributed by atoms with E-state index in [0.717, 1.165) is 17.5 Å². The zero-order valence-electron chi connectivity index (χ0n) is 13.8. The van der Waals surface area contributed by atoms with E-state index >= 15 is 0 Å². The Morgan fingerprint density at radius 3 is 2.64 bits per heavy atom. The standard InChI is InChI=1S/C18H18N6O/c1-2-14-8-10-15(11-9-14)12-19-20-17(25)13-24-22-18(21-23-24)16-6-4-3-5-7-16/h3-12H,2,13H2,1H3,(H,20,25)/b19-12+. The smallest absolute Gasteiger partial charge is 0.263 e. The van der Waals surface area contributed by atoms with Gasteiger partial charge in [0.25, 0.3) is 5.91 Å². The fraction of sp³-hybridized carbons (Fsp3) is 0.167. The van der Waals surface area contributed by atoms with E-state index in [4.69, 9.17) is 0 Å². The summed E-state index contributed by atoms with van der Waals surface area (Å²) in [5, 5.41) is 16.0. The SMILES string of the molecule is CCc1ccc(/C=N/NC(=O)Cn2nnc(-c3ccccc3)n2)cc1. The minimum atomic E-state index is -0.321. The van der Waals surface area contributed by atoms with E-state index in [2.05, 4.69) is 32.9 Å². The van der Waals surface area contributed by atoms with Crippen LogP contribution in [0.1, 0.15) is 18.1 Å². The molecule has 0 radical (unpaired) electrons. The van der Waals surface area contributed by atoms with Crippen molar-refractivity contribution in [1.29, 1.82) is 0 Å². The molecule has 0 aliphatic heterocycles. The number of nitrogens with zero attached hydrogens (tertiary/aromatic N) is 5. The number of tetrazole rings is 1. The van der Waals surface area contributed by atoms with Crippen molar-refractivity contribution in [3.8, 4) is 11.4 Å². The predicted molar refractivity (Wildman–Crippen MR) is 94.8 cm³/mol. The Balaban J connectivity index is 1.54. The minimum absolute atomic E-state index is 0.0497. The molecule has 0 aliphatic rings. The molecule has 2 aromatic carbocycles. The van der Waals surface area contributed by atoms with E-state index in [1.165, 1.54) is 10.4 Å². The van der Waals surface area contributed by atoms with E-state index in [1.807, 2.05) is 54.6 Å². The summed E-state index contributed by atoms with van der Waals surface area (Å²) in [6, 6.07) is 17.5. The fourth-order valence-electron chi connectivity index (χ4n) is 2.20. The second kappa shape index (κ2) is 7.96. The van der Waals surface area contributed by atoms with Gasteiger partial charge in [-0.25, -0.2) is 5.43 Å². The number of carbonyl (C=O) groups excluding carboxylic acids is 1. The highest BCUT2D eigenvalue weighted by molar-refractivity contribution is 5.82. The molecule has 0 saturated carbocycles. The molecule has 7 heteroatoms. The largest absolute Gasteiger partial charge is 0.271 e. The van der Waals surface area contributed by atoms with Crippen LogP contribution in [0.3, 0.4) is 0 Å². The molecular formula is C18H18N6O. The van der Waals surface area contributed by atoms with Crippen LogP contribution in [0.15, 0.2) is 59.7 Å². The van der Waals surface area contributed by atoms with Crippen LogP contribution >= 0.6 is 0 Å². The number of aryl methyl sites for hydroxylation is 1.